The number of hydrogen-bond donors (Lipinski definition) is 2. The molecule has 1 rings (SSSR count). The van der Waals surface area contributed by atoms with Crippen LogP contribution in [0.5, 0.6) is 0 Å². The summed E-state index contributed by atoms with van der Waals surface area (Å²) in [4.78, 5) is 11.9. The summed E-state index contributed by atoms with van der Waals surface area (Å²) in [7, 11) is 0. The normalized spacial score (nSPS) is 12.2. The molecule has 0 bridgehead atoms. The smallest absolute Gasteiger partial charge is 0.251 e. The zero-order chi connectivity index (χ0) is 12.8. The molecule has 0 aliphatic rings. The molecule has 1 amide bonds. The van der Waals surface area contributed by atoms with Gasteiger partial charge >= 0.3 is 0 Å². The predicted molar refractivity (Wildman–Crippen MR) is 69.0 cm³/mol. The number of nitrogens with two attached hydrogens (primary N) is 1. The van der Waals surface area contributed by atoms with Gasteiger partial charge in [0.15, 0.2) is 0 Å². The molecule has 1 atom stereocenters. The summed E-state index contributed by atoms with van der Waals surface area (Å²) in [5.41, 5.74) is 7.84. The molecule has 0 spiro atoms. The lowest BCUT2D eigenvalue weighted by Crippen LogP contribution is -2.32. The first-order chi connectivity index (χ1) is 8.04. The van der Waals surface area contributed by atoms with Gasteiger partial charge in [0.1, 0.15) is 0 Å². The van der Waals surface area contributed by atoms with Gasteiger partial charge in [0.25, 0.3) is 5.91 Å². The number of carbonyl (C=O) groups excluding carboxylic acids is 1. The van der Waals surface area contributed by atoms with Crippen molar-refractivity contribution in [3.8, 4) is 0 Å². The first-order valence-corrected chi connectivity index (χ1v) is 5.80. The van der Waals surface area contributed by atoms with Crippen molar-refractivity contribution >= 4 is 11.6 Å². The molecule has 3 N–H and O–H groups in total. The fraction of sp³-hybridized carbons (Fsp3) is 0.462. The number of rotatable bonds is 5. The zero-order valence-corrected chi connectivity index (χ0v) is 10.6. The van der Waals surface area contributed by atoms with Crippen LogP contribution in [0, 0.1) is 6.92 Å². The summed E-state index contributed by atoms with van der Waals surface area (Å²) in [6, 6.07) is 5.26. The van der Waals surface area contributed by atoms with Crippen LogP contribution in [0.3, 0.4) is 0 Å². The van der Waals surface area contributed by atoms with Crippen molar-refractivity contribution in [2.24, 2.45) is 0 Å². The first kappa shape index (κ1) is 13.5. The molecule has 1 unspecified atom stereocenters. The number of aryl methyl sites for hydroxylation is 1. The third-order valence-corrected chi connectivity index (χ3v) is 2.50. The quantitative estimate of drug-likeness (QED) is 0.765. The standard InChI is InChI=1S/C13H20N2O2/c1-4-17-10(3)8-15-13(16)12-6-5-11(14)7-9(12)2/h5-7,10H,4,8,14H2,1-3H3,(H,15,16). The van der Waals surface area contributed by atoms with E-state index in [0.717, 1.165) is 5.56 Å². The maximum Gasteiger partial charge on any atom is 0.251 e. The van der Waals surface area contributed by atoms with E-state index < -0.39 is 0 Å². The maximum absolute atomic E-state index is 11.9. The summed E-state index contributed by atoms with van der Waals surface area (Å²) in [5.74, 6) is -0.0888. The highest BCUT2D eigenvalue weighted by Crippen LogP contribution is 2.12. The molecule has 1 aromatic rings. The van der Waals surface area contributed by atoms with Gasteiger partial charge < -0.3 is 15.8 Å². The van der Waals surface area contributed by atoms with Crippen LogP contribution in [0.2, 0.25) is 0 Å². The van der Waals surface area contributed by atoms with Crippen molar-refractivity contribution in [3.05, 3.63) is 29.3 Å². The Balaban J connectivity index is 2.58. The Kier molecular flexibility index (Phi) is 4.97. The molecule has 0 fully saturated rings. The van der Waals surface area contributed by atoms with Crippen LogP contribution in [-0.2, 0) is 4.74 Å². The Hall–Kier alpha value is -1.55. The lowest BCUT2D eigenvalue weighted by atomic mass is 10.1. The Morgan fingerprint density at radius 3 is 2.82 bits per heavy atom. The van der Waals surface area contributed by atoms with E-state index in [-0.39, 0.29) is 12.0 Å². The largest absolute Gasteiger partial charge is 0.399 e. The number of anilines is 1. The summed E-state index contributed by atoms with van der Waals surface area (Å²) in [6.07, 6.45) is 0.0260. The molecular formula is C13H20N2O2. The molecule has 0 heterocycles. The lowest BCUT2D eigenvalue weighted by molar-refractivity contribution is 0.0695. The number of amides is 1. The van der Waals surface area contributed by atoms with E-state index in [1.807, 2.05) is 20.8 Å². The fourth-order valence-corrected chi connectivity index (χ4v) is 1.62. The van der Waals surface area contributed by atoms with Gasteiger partial charge in [-0.3, -0.25) is 4.79 Å². The van der Waals surface area contributed by atoms with E-state index >= 15 is 0 Å². The van der Waals surface area contributed by atoms with E-state index in [1.165, 1.54) is 0 Å². The van der Waals surface area contributed by atoms with Gasteiger partial charge in [-0.2, -0.15) is 0 Å². The Morgan fingerprint density at radius 2 is 2.24 bits per heavy atom. The van der Waals surface area contributed by atoms with Crippen molar-refractivity contribution in [2.45, 2.75) is 26.9 Å². The molecule has 0 saturated carbocycles. The second-order valence-electron chi connectivity index (χ2n) is 4.05. The van der Waals surface area contributed by atoms with Crippen LogP contribution >= 0.6 is 0 Å². The highest BCUT2D eigenvalue weighted by atomic mass is 16.5. The summed E-state index contributed by atoms with van der Waals surface area (Å²) < 4.78 is 5.34. The van der Waals surface area contributed by atoms with Crippen LogP contribution in [0.25, 0.3) is 0 Å². The minimum absolute atomic E-state index is 0.0260. The Labute approximate surface area is 102 Å². The zero-order valence-electron chi connectivity index (χ0n) is 10.6. The molecule has 4 nitrogen and oxygen atoms in total. The maximum atomic E-state index is 11.9. The monoisotopic (exact) mass is 236 g/mol. The molecule has 0 aliphatic heterocycles. The molecule has 0 radical (unpaired) electrons. The minimum atomic E-state index is -0.0888. The van der Waals surface area contributed by atoms with Gasteiger partial charge in [-0.25, -0.2) is 0 Å². The van der Waals surface area contributed by atoms with E-state index in [9.17, 15) is 4.79 Å². The summed E-state index contributed by atoms with van der Waals surface area (Å²) in [5, 5.41) is 2.84. The van der Waals surface area contributed by atoms with Gasteiger partial charge in [-0.15, -0.1) is 0 Å². The molecule has 0 saturated heterocycles. The van der Waals surface area contributed by atoms with Crippen molar-refractivity contribution in [1.29, 1.82) is 0 Å². The van der Waals surface area contributed by atoms with E-state index in [4.69, 9.17) is 10.5 Å². The number of carbonyl (C=O) groups is 1. The summed E-state index contributed by atoms with van der Waals surface area (Å²) >= 11 is 0. The molecule has 0 aromatic heterocycles. The minimum Gasteiger partial charge on any atom is -0.399 e. The second-order valence-corrected chi connectivity index (χ2v) is 4.05. The van der Waals surface area contributed by atoms with Crippen LogP contribution in [0.1, 0.15) is 29.8 Å². The van der Waals surface area contributed by atoms with Gasteiger partial charge in [-0.05, 0) is 44.5 Å². The van der Waals surface area contributed by atoms with Crippen LogP contribution < -0.4 is 11.1 Å². The number of nitrogens with one attached hydrogen (secondary N) is 1. The van der Waals surface area contributed by atoms with Gasteiger partial charge in [-0.1, -0.05) is 0 Å². The topological polar surface area (TPSA) is 64.3 Å². The van der Waals surface area contributed by atoms with Crippen molar-refractivity contribution in [1.82, 2.24) is 5.32 Å². The number of hydrogen-bond acceptors (Lipinski definition) is 3. The van der Waals surface area contributed by atoms with E-state index in [2.05, 4.69) is 5.32 Å². The highest BCUT2D eigenvalue weighted by molar-refractivity contribution is 5.96. The van der Waals surface area contributed by atoms with Crippen LogP contribution in [0.15, 0.2) is 18.2 Å². The molecular weight excluding hydrogens is 216 g/mol. The van der Waals surface area contributed by atoms with Crippen molar-refractivity contribution in [2.75, 3.05) is 18.9 Å². The van der Waals surface area contributed by atoms with Gasteiger partial charge in [0.05, 0.1) is 6.10 Å². The third kappa shape index (κ3) is 4.07. The lowest BCUT2D eigenvalue weighted by Gasteiger charge is -2.13. The SMILES string of the molecule is CCOC(C)CNC(=O)c1ccc(N)cc1C. The van der Waals surface area contributed by atoms with Crippen LogP contribution in [-0.4, -0.2) is 25.2 Å². The van der Waals surface area contributed by atoms with Gasteiger partial charge in [0, 0.05) is 24.4 Å². The third-order valence-electron chi connectivity index (χ3n) is 2.50. The molecule has 1 aromatic carbocycles. The van der Waals surface area contributed by atoms with E-state index in [0.29, 0.717) is 24.4 Å². The molecule has 17 heavy (non-hydrogen) atoms. The summed E-state index contributed by atoms with van der Waals surface area (Å²) in [6.45, 7) is 6.90. The van der Waals surface area contributed by atoms with Crippen molar-refractivity contribution < 1.29 is 9.53 Å². The highest BCUT2D eigenvalue weighted by Gasteiger charge is 2.10. The molecule has 4 heteroatoms. The Morgan fingerprint density at radius 1 is 1.53 bits per heavy atom. The Bertz CT molecular complexity index is 391. The van der Waals surface area contributed by atoms with Crippen molar-refractivity contribution in [3.63, 3.8) is 0 Å². The second kappa shape index (κ2) is 6.25. The van der Waals surface area contributed by atoms with Gasteiger partial charge in [0.2, 0.25) is 0 Å². The average molecular weight is 236 g/mol. The molecule has 0 aliphatic carbocycles. The number of ether oxygens (including phenoxy) is 1. The molecule has 94 valence electrons. The predicted octanol–water partition coefficient (Wildman–Crippen LogP) is 1.73. The van der Waals surface area contributed by atoms with Crippen LogP contribution in [0.4, 0.5) is 5.69 Å². The number of nitrogen functional groups attached to an aromatic ring is 1. The average Bonchev–Trinajstić information content (AvgIpc) is 2.26. The first-order valence-electron chi connectivity index (χ1n) is 5.80. The van der Waals surface area contributed by atoms with E-state index in [1.54, 1.807) is 18.2 Å². The fourth-order valence-electron chi connectivity index (χ4n) is 1.62. The number of benzene rings is 1.